The highest BCUT2D eigenvalue weighted by atomic mass is 31.2. The van der Waals surface area contributed by atoms with Crippen LogP contribution >= 0.6 is 8.53 Å². The average Bonchev–Trinajstić information content (AvgIpc) is 1.12. The van der Waals surface area contributed by atoms with Crippen LogP contribution in [-0.4, -0.2) is 140 Å². The molecule has 0 N–H and O–H groups in total. The molecule has 0 radical (unpaired) electrons. The molecule has 7 rings (SSSR count). The summed E-state index contributed by atoms with van der Waals surface area (Å²) in [4.78, 5) is 17.2. The second kappa shape index (κ2) is 36.0. The molecule has 16 nitrogen and oxygen atoms in total. The summed E-state index contributed by atoms with van der Waals surface area (Å²) in [6.07, 6.45) is 0.844. The number of rotatable bonds is 35. The minimum Gasteiger partial charge on any atom is -0.497 e. The molecule has 0 saturated carbocycles. The number of carbonyl (C=O) groups is 1. The molecule has 3 aliphatic heterocycles. The van der Waals surface area contributed by atoms with Crippen LogP contribution in [0.25, 0.3) is 4.85 Å². The normalized spacial score (nSPS) is 27.8. The summed E-state index contributed by atoms with van der Waals surface area (Å²) in [6, 6.07) is 36.1. The lowest BCUT2D eigenvalue weighted by atomic mass is 9.78. The van der Waals surface area contributed by atoms with E-state index < -0.39 is 45.1 Å². The molecule has 0 bridgehead atoms. The Balaban J connectivity index is 0.930. The fourth-order valence-electron chi connectivity index (χ4n) is 12.5. The van der Waals surface area contributed by atoms with Gasteiger partial charge in [0.05, 0.1) is 64.5 Å². The quantitative estimate of drug-likeness (QED) is 0.0141. The summed E-state index contributed by atoms with van der Waals surface area (Å²) in [7, 11) is 2.08. The van der Waals surface area contributed by atoms with Crippen molar-refractivity contribution in [3.63, 3.8) is 0 Å². The van der Waals surface area contributed by atoms with Gasteiger partial charge < -0.3 is 66.0 Å². The fraction of sp³-hybridized carbons (Fsp3) is 0.639. The van der Waals surface area contributed by atoms with Gasteiger partial charge in [-0.1, -0.05) is 128 Å². The molecule has 17 heteroatoms. The van der Waals surface area contributed by atoms with E-state index in [1.807, 2.05) is 60.7 Å². The largest absolute Gasteiger partial charge is 0.497 e. The number of nitrogens with zero attached hydrogens (tertiary/aromatic N) is 2. The number of unbranched alkanes of at least 4 members (excludes halogenated alkanes) is 3. The number of hydrogen-bond acceptors (Lipinski definition) is 15. The SMILES string of the molecule is [C-]#[N+]CCOP(OCCCCOCC1OC(OCC2OC(OCC3OC(OCCCCCOC(c4ccccc4)(c4ccc(OC)cc4)c4ccc(OC)cc4)C(OC(=O)c4ccccc4)C(C)C3C)C(C)C(C)C2C)C(C)C(C)C1C)N(C(C)C)C(C)C. The van der Waals surface area contributed by atoms with Gasteiger partial charge in [-0.25, -0.2) is 16.0 Å². The van der Waals surface area contributed by atoms with Crippen LogP contribution in [0, 0.1) is 53.9 Å². The van der Waals surface area contributed by atoms with Gasteiger partial charge >= 0.3 is 5.97 Å². The van der Waals surface area contributed by atoms with Crippen LogP contribution in [0.4, 0.5) is 0 Å². The van der Waals surface area contributed by atoms with Crippen LogP contribution in [0.3, 0.4) is 0 Å². The first-order valence-corrected chi connectivity index (χ1v) is 33.9. The van der Waals surface area contributed by atoms with Crippen LogP contribution in [-0.2, 0) is 57.3 Å². The van der Waals surface area contributed by atoms with E-state index in [0.717, 1.165) is 60.3 Å². The van der Waals surface area contributed by atoms with Gasteiger partial charge in [0, 0.05) is 49.7 Å². The van der Waals surface area contributed by atoms with E-state index in [0.29, 0.717) is 64.3 Å². The summed E-state index contributed by atoms with van der Waals surface area (Å²) in [5.41, 5.74) is 2.52. The molecule has 3 saturated heterocycles. The van der Waals surface area contributed by atoms with E-state index in [4.69, 9.17) is 67.7 Å². The zero-order valence-electron chi connectivity index (χ0n) is 55.7. The smallest absolute Gasteiger partial charge is 0.338 e. The Morgan fingerprint density at radius 1 is 0.517 bits per heavy atom. The highest BCUT2D eigenvalue weighted by Crippen LogP contribution is 2.47. The predicted molar refractivity (Wildman–Crippen MR) is 347 cm³/mol. The van der Waals surface area contributed by atoms with Crippen molar-refractivity contribution in [2.24, 2.45) is 47.3 Å². The van der Waals surface area contributed by atoms with Crippen LogP contribution in [0.1, 0.15) is 142 Å². The Kier molecular flexibility index (Phi) is 29.1. The lowest BCUT2D eigenvalue weighted by molar-refractivity contribution is -0.310. The molecule has 16 atom stereocenters. The predicted octanol–water partition coefficient (Wildman–Crippen LogP) is 14.8. The van der Waals surface area contributed by atoms with Crippen molar-refractivity contribution in [2.75, 3.05) is 73.6 Å². The molecule has 0 aliphatic carbocycles. The maximum Gasteiger partial charge on any atom is 0.338 e. The molecule has 3 heterocycles. The van der Waals surface area contributed by atoms with Crippen LogP contribution in [0.15, 0.2) is 109 Å². The lowest BCUT2D eigenvalue weighted by Crippen LogP contribution is -2.54. The third kappa shape index (κ3) is 19.3. The van der Waals surface area contributed by atoms with E-state index in [9.17, 15) is 4.79 Å². The van der Waals surface area contributed by atoms with Gasteiger partial charge in [0.1, 0.15) is 23.7 Å². The summed E-state index contributed by atoms with van der Waals surface area (Å²) >= 11 is 0. The van der Waals surface area contributed by atoms with Crippen molar-refractivity contribution in [3.05, 3.63) is 143 Å². The standard InChI is InChI=1S/C72H105N2O14P/c1-48(2)74(49(3)4)89(84-44-39-73-13)83-43-26-25-40-78-45-64-52(7)50(5)56(11)69(85-64)80-46-65-53(8)51(6)57(12)70(86-65)81-47-66-54(9)55(10)67(88-68(75)58-27-19-16-20-28-58)71(87-66)79-41-23-18-24-42-82-72(59-29-21-17-22-30-59,60-31-35-62(76-14)36-32-60)61-33-37-63(77-15)38-34-61/h16-17,19-22,27-38,48-57,64-67,69-71H,18,23-26,39-47H2,1-12,14-15H3. The number of esters is 1. The molecular formula is C72H105N2O14P. The fourth-order valence-corrected chi connectivity index (χ4v) is 14.1. The van der Waals surface area contributed by atoms with E-state index in [1.54, 1.807) is 26.4 Å². The van der Waals surface area contributed by atoms with Gasteiger partial charge in [0.25, 0.3) is 8.53 Å². The Bertz CT molecular complexity index is 2630. The topological polar surface area (TPSA) is 145 Å². The molecule has 4 aromatic carbocycles. The molecule has 0 amide bonds. The lowest BCUT2D eigenvalue weighted by Gasteiger charge is -2.47. The Morgan fingerprint density at radius 2 is 0.978 bits per heavy atom. The molecular weight excluding hydrogens is 1150 g/mol. The number of hydrogen-bond donors (Lipinski definition) is 0. The van der Waals surface area contributed by atoms with Gasteiger partial charge in [-0.05, 0) is 142 Å². The third-order valence-corrected chi connectivity index (χ3v) is 21.1. The van der Waals surface area contributed by atoms with Gasteiger partial charge in [-0.15, -0.1) is 0 Å². The van der Waals surface area contributed by atoms with Gasteiger partial charge in [0.2, 0.25) is 6.54 Å². The zero-order valence-corrected chi connectivity index (χ0v) is 56.6. The maximum atomic E-state index is 13.7. The second-order valence-corrected chi connectivity index (χ2v) is 26.8. The Labute approximate surface area is 534 Å². The molecule has 0 spiro atoms. The van der Waals surface area contributed by atoms with E-state index >= 15 is 0 Å². The maximum absolute atomic E-state index is 13.7. The van der Waals surface area contributed by atoms with Gasteiger partial charge in [-0.2, -0.15) is 0 Å². The summed E-state index contributed by atoms with van der Waals surface area (Å²) in [5.74, 6) is 2.29. The van der Waals surface area contributed by atoms with Crippen LogP contribution < -0.4 is 9.47 Å². The molecule has 3 aliphatic rings. The highest BCUT2D eigenvalue weighted by molar-refractivity contribution is 7.44. The van der Waals surface area contributed by atoms with Crippen molar-refractivity contribution in [1.29, 1.82) is 0 Å². The zero-order chi connectivity index (χ0) is 64.0. The summed E-state index contributed by atoms with van der Waals surface area (Å²) in [5, 5.41) is 0. The first-order valence-electron chi connectivity index (χ1n) is 32.7. The number of ether oxygens (including phenoxy) is 11. The monoisotopic (exact) mass is 1250 g/mol. The van der Waals surface area contributed by atoms with Crippen molar-refractivity contribution in [2.45, 2.75) is 176 Å². The third-order valence-electron chi connectivity index (χ3n) is 19.0. The van der Waals surface area contributed by atoms with Crippen molar-refractivity contribution >= 4 is 14.5 Å². The van der Waals surface area contributed by atoms with Gasteiger partial charge in [0.15, 0.2) is 25.0 Å². The molecule has 4 aromatic rings. The summed E-state index contributed by atoms with van der Waals surface area (Å²) < 4.78 is 86.0. The molecule has 89 heavy (non-hydrogen) atoms. The number of benzene rings is 4. The van der Waals surface area contributed by atoms with Crippen molar-refractivity contribution in [1.82, 2.24) is 4.67 Å². The average molecular weight is 1250 g/mol. The van der Waals surface area contributed by atoms with E-state index in [1.165, 1.54) is 0 Å². The van der Waals surface area contributed by atoms with Gasteiger partial charge in [-0.3, -0.25) is 0 Å². The van der Waals surface area contributed by atoms with E-state index in [-0.39, 0.29) is 78.4 Å². The summed E-state index contributed by atoms with van der Waals surface area (Å²) in [6.45, 7) is 37.2. The number of carbonyl (C=O) groups excluding carboxylic acids is 1. The Morgan fingerprint density at radius 3 is 1.51 bits per heavy atom. The Hall–Kier alpha value is -4.57. The minimum atomic E-state index is -1.26. The van der Waals surface area contributed by atoms with E-state index in [2.05, 4.69) is 129 Å². The van der Waals surface area contributed by atoms with Crippen molar-refractivity contribution in [3.8, 4) is 11.5 Å². The number of methoxy groups -OCH3 is 2. The first-order chi connectivity index (χ1) is 42.9. The molecule has 492 valence electrons. The van der Waals surface area contributed by atoms with Crippen molar-refractivity contribution < 1.29 is 65.9 Å². The molecule has 3 fully saturated rings. The second-order valence-electron chi connectivity index (χ2n) is 25.3. The molecule has 16 unspecified atom stereocenters. The van der Waals surface area contributed by atoms with Crippen LogP contribution in [0.2, 0.25) is 0 Å². The molecule has 0 aromatic heterocycles. The first kappa shape index (κ1) is 71.9. The minimum absolute atomic E-state index is 0.0530. The van der Waals surface area contributed by atoms with Crippen LogP contribution in [0.5, 0.6) is 11.5 Å². The highest BCUT2D eigenvalue weighted by Gasteiger charge is 2.47.